The van der Waals surface area contributed by atoms with Crippen molar-refractivity contribution in [2.45, 2.75) is 89.5 Å². The van der Waals surface area contributed by atoms with E-state index in [2.05, 4.69) is 45.7 Å². The minimum Gasteiger partial charge on any atom is -0.353 e. The topological polar surface area (TPSA) is 89.7 Å². The van der Waals surface area contributed by atoms with Crippen molar-refractivity contribution in [1.29, 1.82) is 0 Å². The molecule has 0 bridgehead atoms. The van der Waals surface area contributed by atoms with Crippen molar-refractivity contribution >= 4 is 17.7 Å². The van der Waals surface area contributed by atoms with Crippen LogP contribution in [0.5, 0.6) is 0 Å². The lowest BCUT2D eigenvalue weighted by atomic mass is 9.78. The number of nitrogens with one attached hydrogen (secondary N) is 5. The smallest absolute Gasteiger partial charge is 0.227 e. The Kier molecular flexibility index (Phi) is 9.73. The van der Waals surface area contributed by atoms with Crippen LogP contribution in [0.3, 0.4) is 0 Å². The molecule has 4 aliphatic rings. The predicted octanol–water partition coefficient (Wildman–Crippen LogP) is 2.00. The molecular weight excluding hydrogens is 436 g/mol. The zero-order valence-electron chi connectivity index (χ0n) is 20.8. The van der Waals surface area contributed by atoms with Crippen LogP contribution in [0.25, 0.3) is 0 Å². The highest BCUT2D eigenvalue weighted by atomic mass is 32.2. The summed E-state index contributed by atoms with van der Waals surface area (Å²) in [6.45, 7) is 10.4. The number of hydroxylamine groups is 1. The Morgan fingerprint density at radius 1 is 1.12 bits per heavy atom. The average molecular weight is 483 g/mol. The van der Waals surface area contributed by atoms with Crippen molar-refractivity contribution in [3.05, 3.63) is 0 Å². The number of carbonyl (C=O) groups is 1. The van der Waals surface area contributed by atoms with Crippen LogP contribution >= 0.6 is 11.8 Å². The van der Waals surface area contributed by atoms with Gasteiger partial charge in [-0.3, -0.25) is 14.5 Å². The molecule has 5 N–H and O–H groups in total. The predicted molar refractivity (Wildman–Crippen MR) is 134 cm³/mol. The summed E-state index contributed by atoms with van der Waals surface area (Å²) < 4.78 is 0. The molecule has 0 aromatic heterocycles. The van der Waals surface area contributed by atoms with Gasteiger partial charge in [0.15, 0.2) is 0 Å². The first-order valence-corrected chi connectivity index (χ1v) is 14.4. The number of hydrazine groups is 1. The first-order chi connectivity index (χ1) is 16.0. The third kappa shape index (κ3) is 6.84. The van der Waals surface area contributed by atoms with Gasteiger partial charge in [-0.25, -0.2) is 10.9 Å². The van der Waals surface area contributed by atoms with Gasteiger partial charge in [0.05, 0.1) is 18.2 Å². The molecule has 5 atom stereocenters. The molecule has 33 heavy (non-hydrogen) atoms. The molecule has 1 amide bonds. The molecule has 4 fully saturated rings. The van der Waals surface area contributed by atoms with Crippen molar-refractivity contribution in [1.82, 2.24) is 31.9 Å². The number of carbonyl (C=O) groups excluding carboxylic acids is 1. The van der Waals surface area contributed by atoms with Gasteiger partial charge in [0.2, 0.25) is 5.91 Å². The van der Waals surface area contributed by atoms with Crippen LogP contribution in [-0.4, -0.2) is 66.5 Å². The highest BCUT2D eigenvalue weighted by Gasteiger charge is 2.44. The fourth-order valence-corrected chi connectivity index (χ4v) is 7.28. The Morgan fingerprint density at radius 3 is 2.61 bits per heavy atom. The van der Waals surface area contributed by atoms with Gasteiger partial charge in [-0.05, 0) is 69.2 Å². The fourth-order valence-electron chi connectivity index (χ4n) is 5.92. The van der Waals surface area contributed by atoms with Crippen molar-refractivity contribution in [3.8, 4) is 0 Å². The fraction of sp³-hybridized carbons (Fsp3) is 0.958. The van der Waals surface area contributed by atoms with Crippen LogP contribution in [0.2, 0.25) is 0 Å². The molecular formula is C24H46N6O2S. The first kappa shape index (κ1) is 25.7. The van der Waals surface area contributed by atoms with E-state index in [0.717, 1.165) is 25.6 Å². The summed E-state index contributed by atoms with van der Waals surface area (Å²) in [5.41, 5.74) is 10.4. The quantitative estimate of drug-likeness (QED) is 0.341. The Labute approximate surface area is 204 Å². The zero-order valence-corrected chi connectivity index (χ0v) is 21.6. The molecule has 3 saturated heterocycles. The zero-order chi connectivity index (χ0) is 23.2. The Balaban J connectivity index is 1.30. The van der Waals surface area contributed by atoms with E-state index in [-0.39, 0.29) is 35.6 Å². The summed E-state index contributed by atoms with van der Waals surface area (Å²) in [4.78, 5) is 21.5. The average Bonchev–Trinajstić information content (AvgIpc) is 3.40. The van der Waals surface area contributed by atoms with Crippen LogP contribution in [0.1, 0.15) is 65.7 Å². The lowest BCUT2D eigenvalue weighted by Gasteiger charge is -2.32. The molecule has 4 rings (SSSR count). The lowest BCUT2D eigenvalue weighted by molar-refractivity contribution is -0.127. The maximum atomic E-state index is 13.3. The normalized spacial score (nSPS) is 34.8. The second-order valence-electron chi connectivity index (χ2n) is 10.9. The highest BCUT2D eigenvalue weighted by Crippen LogP contribution is 2.34. The number of hydrogen-bond acceptors (Lipinski definition) is 8. The van der Waals surface area contributed by atoms with Crippen molar-refractivity contribution < 1.29 is 9.63 Å². The van der Waals surface area contributed by atoms with E-state index >= 15 is 0 Å². The third-order valence-corrected chi connectivity index (χ3v) is 9.18. The molecule has 3 aliphatic heterocycles. The Morgan fingerprint density at radius 2 is 1.88 bits per heavy atom. The maximum absolute atomic E-state index is 13.3. The number of rotatable bonds is 9. The Bertz CT molecular complexity index is 614. The molecule has 0 radical (unpaired) electrons. The van der Waals surface area contributed by atoms with E-state index in [1.54, 1.807) is 0 Å². The number of amides is 1. The molecule has 1 saturated carbocycles. The van der Waals surface area contributed by atoms with E-state index in [1.165, 1.54) is 50.7 Å². The molecule has 0 spiro atoms. The van der Waals surface area contributed by atoms with Gasteiger partial charge >= 0.3 is 0 Å². The first-order valence-electron chi connectivity index (χ1n) is 13.3. The monoisotopic (exact) mass is 482 g/mol. The molecule has 9 heteroatoms. The third-order valence-electron chi connectivity index (χ3n) is 7.81. The summed E-state index contributed by atoms with van der Waals surface area (Å²) in [6, 6.07) is 0.134. The van der Waals surface area contributed by atoms with Crippen LogP contribution in [0, 0.1) is 23.7 Å². The second-order valence-corrected chi connectivity index (χ2v) is 12.0. The van der Waals surface area contributed by atoms with Crippen LogP contribution in [0.4, 0.5) is 0 Å². The number of piperidine rings is 1. The highest BCUT2D eigenvalue weighted by molar-refractivity contribution is 7.99. The molecule has 3 heterocycles. The standard InChI is InChI=1S/C24H46N6O2S/c1-16(2)14-30-20(27-28-24(30)33-15-18-9-11-25-12-10-18)13-26-23(31)21-17(3)32-29-22(21)19-7-5-4-6-8-19/h16-22,24-25,27-29H,4-15H2,1-3H3,(H,26,31). The van der Waals surface area contributed by atoms with E-state index in [0.29, 0.717) is 18.4 Å². The largest absolute Gasteiger partial charge is 0.353 e. The maximum Gasteiger partial charge on any atom is 0.227 e. The number of thioether (sulfide) groups is 1. The van der Waals surface area contributed by atoms with Gasteiger partial charge in [-0.2, -0.15) is 5.48 Å². The van der Waals surface area contributed by atoms with Crippen molar-refractivity contribution in [2.24, 2.45) is 23.7 Å². The van der Waals surface area contributed by atoms with Crippen LogP contribution < -0.4 is 27.0 Å². The van der Waals surface area contributed by atoms with Crippen LogP contribution in [-0.2, 0) is 9.63 Å². The summed E-state index contributed by atoms with van der Waals surface area (Å²) in [5.74, 6) is 3.09. The van der Waals surface area contributed by atoms with Crippen molar-refractivity contribution in [3.63, 3.8) is 0 Å². The summed E-state index contributed by atoms with van der Waals surface area (Å²) in [7, 11) is 0. The minimum absolute atomic E-state index is 0.0911. The summed E-state index contributed by atoms with van der Waals surface area (Å²) in [6.07, 6.45) is 8.80. The van der Waals surface area contributed by atoms with Gasteiger partial charge in [0.1, 0.15) is 5.50 Å². The Hall–Kier alpha value is -0.420. The molecule has 1 aliphatic carbocycles. The van der Waals surface area contributed by atoms with E-state index in [9.17, 15) is 4.79 Å². The molecule has 5 unspecified atom stereocenters. The lowest BCUT2D eigenvalue weighted by Crippen LogP contribution is -2.51. The van der Waals surface area contributed by atoms with Crippen molar-refractivity contribution in [2.75, 3.05) is 31.9 Å². The van der Waals surface area contributed by atoms with E-state index < -0.39 is 0 Å². The molecule has 190 valence electrons. The van der Waals surface area contributed by atoms with Gasteiger partial charge in [-0.15, -0.1) is 11.8 Å². The molecule has 0 aromatic carbocycles. The van der Waals surface area contributed by atoms with Gasteiger partial charge < -0.3 is 10.6 Å². The number of hydrogen-bond donors (Lipinski definition) is 5. The van der Waals surface area contributed by atoms with E-state index in [1.807, 2.05) is 18.7 Å². The summed E-state index contributed by atoms with van der Waals surface area (Å²) in [5, 5.41) is 6.74. The van der Waals surface area contributed by atoms with E-state index in [4.69, 9.17) is 4.84 Å². The minimum atomic E-state index is -0.119. The SMILES string of the molecule is CC(C)CN1C(CNC(=O)C2C(C)ONC2C2CCCCC2)NNC1SCC1CCNCC1. The van der Waals surface area contributed by atoms with Crippen LogP contribution in [0.15, 0.2) is 0 Å². The van der Waals surface area contributed by atoms with Gasteiger partial charge in [0.25, 0.3) is 0 Å². The van der Waals surface area contributed by atoms with Gasteiger partial charge in [-0.1, -0.05) is 33.1 Å². The number of nitrogens with zero attached hydrogens (tertiary/aromatic N) is 1. The van der Waals surface area contributed by atoms with Gasteiger partial charge in [0, 0.05) is 19.1 Å². The summed E-state index contributed by atoms with van der Waals surface area (Å²) >= 11 is 2.01. The second kappa shape index (κ2) is 12.5. The molecule has 8 nitrogen and oxygen atoms in total. The molecule has 0 aromatic rings.